The van der Waals surface area contributed by atoms with Crippen LogP contribution in [0.1, 0.15) is 72.6 Å². The first-order chi connectivity index (χ1) is 57.8. The second-order valence-corrected chi connectivity index (χ2v) is 29.7. The zero-order valence-corrected chi connectivity index (χ0v) is 70.3. The van der Waals surface area contributed by atoms with E-state index in [1.165, 1.54) is 105 Å². The number of aryl methyl sites for hydroxylation is 11. The molecule has 0 spiro atoms. The normalized spacial score (nSPS) is 10.9. The predicted molar refractivity (Wildman–Crippen MR) is 508 cm³/mol. The van der Waals surface area contributed by atoms with Crippen LogP contribution in [-0.2, 0) is 13.0 Å². The van der Waals surface area contributed by atoms with E-state index >= 15 is 0 Å². The first kappa shape index (κ1) is 86.0. The number of fused-ring (bicyclic) bond motifs is 10. The summed E-state index contributed by atoms with van der Waals surface area (Å²) < 4.78 is 0. The van der Waals surface area contributed by atoms with Crippen molar-refractivity contribution in [2.24, 2.45) is 0 Å². The van der Waals surface area contributed by atoms with Crippen molar-refractivity contribution >= 4 is 144 Å². The van der Waals surface area contributed by atoms with Gasteiger partial charge < -0.3 is 50.8 Å². The van der Waals surface area contributed by atoms with E-state index in [0.29, 0.717) is 29.1 Å². The van der Waals surface area contributed by atoms with Gasteiger partial charge in [-0.25, -0.2) is 34.9 Å². The first-order valence-electron chi connectivity index (χ1n) is 39.6. The highest BCUT2D eigenvalue weighted by atomic mass is 15.0. The van der Waals surface area contributed by atoms with Crippen LogP contribution < -0.4 is 50.8 Å². The lowest BCUT2D eigenvalue weighted by atomic mass is 9.99. The number of pyridine rings is 6. The zero-order chi connectivity index (χ0) is 85.4. The van der Waals surface area contributed by atoms with Crippen LogP contribution in [0.5, 0.6) is 0 Å². The van der Waals surface area contributed by atoms with Crippen molar-refractivity contribution in [3.05, 3.63) is 359 Å². The third-order valence-electron chi connectivity index (χ3n) is 19.9. The molecule has 0 fully saturated rings. The van der Waals surface area contributed by atoms with Crippen LogP contribution in [-0.4, -0.2) is 63.4 Å². The summed E-state index contributed by atoms with van der Waals surface area (Å²) in [6.07, 6.45) is 13.7. The molecular weight excluding hydrogens is 1480 g/mol. The quantitative estimate of drug-likeness (QED) is 0.0737. The topological polar surface area (TPSA) is 335 Å². The number of aromatic nitrogens is 10. The van der Waals surface area contributed by atoms with E-state index in [1.54, 1.807) is 24.8 Å². The standard InChI is InChI=1S/C11H12N2.C11H10.C10H11N3.4C10H10N2.C10H9N.C10H13N.C9H10N4/c1-8-3-4-9-5-6-13-11(12-2)10(9)7-8;1-9-6-7-10-4-2-3-5-11(10)8-9;1-6-3-4-8-9(5-6)12-7(2)13-10(8)11;1-7-2-3-9-8(6-7)4-5-12-10(9)11;1-7-2-3-8-9(11)4-5-12-10(8)6-7;1-7-2-3-8-4-5-12-10(11)9(8)6-7;1-7-3-2-4-9-8(7)5-6-12-10(9)11;1-8-2-3-10-7-11-5-4-9(10)6-8;1-8-2-3-9-4-5-11-7-10(9)6-8;1-5-2-3-7-6(4-5)8(10)13-9(11)12-7/h3-7H,1-2H3,(H,12,13);2-8H,1H3;3-5H,1-2H3,(H2,11,12,13);4*2-6H,1H3,(H2,11,12);2-7H,1H3;2-3,6,11H,4-5,7H2,1H3;2-4H,1H3,(H4,10,11,12,13). The van der Waals surface area contributed by atoms with Gasteiger partial charge in [-0.15, -0.1) is 0 Å². The molecule has 1 aliphatic rings. The molecule has 19 aromatic rings. The third-order valence-corrected chi connectivity index (χ3v) is 19.9. The Morgan fingerprint density at radius 1 is 0.292 bits per heavy atom. The lowest BCUT2D eigenvalue weighted by Gasteiger charge is -2.16. The summed E-state index contributed by atoms with van der Waals surface area (Å²) >= 11 is 0. The van der Waals surface area contributed by atoms with E-state index < -0.39 is 0 Å². The Hall–Kier alpha value is -14.8. The van der Waals surface area contributed by atoms with Gasteiger partial charge in [-0.2, -0.15) is 4.98 Å². The Balaban J connectivity index is 0.000000130. The molecule has 0 radical (unpaired) electrons. The lowest BCUT2D eigenvalue weighted by Crippen LogP contribution is -2.23. The Bertz CT molecular complexity index is 6530. The molecule has 9 heterocycles. The minimum absolute atomic E-state index is 0.217. The summed E-state index contributed by atoms with van der Waals surface area (Å²) in [5.74, 6) is 4.69. The minimum Gasteiger partial charge on any atom is -0.398 e. The summed E-state index contributed by atoms with van der Waals surface area (Å²) in [4.78, 5) is 40.9. The average Bonchev–Trinajstić information content (AvgIpc) is 0.895. The van der Waals surface area contributed by atoms with E-state index in [1.807, 2.05) is 176 Å². The van der Waals surface area contributed by atoms with Crippen molar-refractivity contribution in [1.82, 2.24) is 55.2 Å². The van der Waals surface area contributed by atoms with Gasteiger partial charge in [0.25, 0.3) is 0 Å². The molecule has 0 amide bonds. The second-order valence-electron chi connectivity index (χ2n) is 29.7. The lowest BCUT2D eigenvalue weighted by molar-refractivity contribution is 0.643. The van der Waals surface area contributed by atoms with Crippen LogP contribution in [0, 0.1) is 76.2 Å². The van der Waals surface area contributed by atoms with Crippen molar-refractivity contribution in [3.63, 3.8) is 0 Å². The Labute approximate surface area is 701 Å². The monoisotopic (exact) mass is 1580 g/mol. The summed E-state index contributed by atoms with van der Waals surface area (Å²) in [7, 11) is 1.89. The maximum absolute atomic E-state index is 5.77. The second kappa shape index (κ2) is 41.1. The molecule has 0 bridgehead atoms. The van der Waals surface area contributed by atoms with E-state index in [-0.39, 0.29) is 5.95 Å². The van der Waals surface area contributed by atoms with Gasteiger partial charge in [0.1, 0.15) is 40.7 Å². The fourth-order valence-corrected chi connectivity index (χ4v) is 13.6. The summed E-state index contributed by atoms with van der Waals surface area (Å²) in [6.45, 7) is 24.7. The highest BCUT2D eigenvalue weighted by Gasteiger charge is 2.09. The zero-order valence-electron chi connectivity index (χ0n) is 70.3. The van der Waals surface area contributed by atoms with Gasteiger partial charge in [-0.1, -0.05) is 203 Å². The maximum atomic E-state index is 5.77. The number of rotatable bonds is 1. The molecule has 120 heavy (non-hydrogen) atoms. The average molecular weight is 1590 g/mol. The number of benzene rings is 11. The fraction of sp³-hybridized carbons (Fsp3) is 0.149. The molecule has 1 aliphatic heterocycles. The van der Waals surface area contributed by atoms with Crippen LogP contribution >= 0.6 is 0 Å². The van der Waals surface area contributed by atoms with Crippen LogP contribution in [0.3, 0.4) is 0 Å². The van der Waals surface area contributed by atoms with Crippen molar-refractivity contribution < 1.29 is 0 Å². The Morgan fingerprint density at radius 2 is 0.783 bits per heavy atom. The molecule has 8 aromatic heterocycles. The molecule has 604 valence electrons. The maximum Gasteiger partial charge on any atom is 0.222 e. The van der Waals surface area contributed by atoms with Crippen molar-refractivity contribution in [3.8, 4) is 0 Å². The van der Waals surface area contributed by atoms with Gasteiger partial charge in [-0.3, -0.25) is 9.97 Å². The van der Waals surface area contributed by atoms with Gasteiger partial charge in [0.15, 0.2) is 0 Å². The Morgan fingerprint density at radius 3 is 1.47 bits per heavy atom. The fourth-order valence-electron chi connectivity index (χ4n) is 13.6. The van der Waals surface area contributed by atoms with Crippen LogP contribution in [0.25, 0.3) is 97.3 Å². The molecule has 20 rings (SSSR count). The van der Waals surface area contributed by atoms with Crippen molar-refractivity contribution in [2.75, 3.05) is 59.0 Å². The molecule has 19 nitrogen and oxygen atoms in total. The number of anilines is 8. The highest BCUT2D eigenvalue weighted by molar-refractivity contribution is 5.96. The summed E-state index contributed by atoms with van der Waals surface area (Å²) in [5.41, 5.74) is 58.7. The minimum atomic E-state index is 0.217. The molecule has 0 atom stereocenters. The van der Waals surface area contributed by atoms with Crippen LogP contribution in [0.4, 0.5) is 46.5 Å². The van der Waals surface area contributed by atoms with Gasteiger partial charge in [0.05, 0.1) is 16.6 Å². The Kier molecular flexibility index (Phi) is 29.5. The number of nitrogen functional groups attached to an aromatic ring is 7. The number of hydrogen-bond donors (Lipinski definition) is 9. The molecule has 0 saturated heterocycles. The predicted octanol–water partition coefficient (Wildman–Crippen LogP) is 21.4. The van der Waals surface area contributed by atoms with Crippen molar-refractivity contribution in [2.45, 2.75) is 89.1 Å². The first-order valence-corrected chi connectivity index (χ1v) is 39.6. The molecule has 16 N–H and O–H groups in total. The van der Waals surface area contributed by atoms with Gasteiger partial charge in [-0.05, 0) is 234 Å². The summed E-state index contributed by atoms with van der Waals surface area (Å²) in [6, 6.07) is 82.4. The molecular formula is C101H105N19. The van der Waals surface area contributed by atoms with Gasteiger partial charge >= 0.3 is 0 Å². The molecule has 0 saturated carbocycles. The number of nitrogens with two attached hydrogens (primary N) is 7. The van der Waals surface area contributed by atoms with Crippen LogP contribution in [0.2, 0.25) is 0 Å². The van der Waals surface area contributed by atoms with E-state index in [4.69, 9.17) is 40.1 Å². The number of hydrogen-bond acceptors (Lipinski definition) is 19. The van der Waals surface area contributed by atoms with Gasteiger partial charge in [0.2, 0.25) is 5.95 Å². The van der Waals surface area contributed by atoms with E-state index in [0.717, 1.165) is 95.6 Å². The molecule has 0 aliphatic carbocycles. The molecule has 19 heteroatoms. The molecule has 11 aromatic carbocycles. The van der Waals surface area contributed by atoms with E-state index in [2.05, 4.69) is 229 Å². The smallest absolute Gasteiger partial charge is 0.222 e. The number of nitrogens with one attached hydrogen (secondary N) is 2. The largest absolute Gasteiger partial charge is 0.398 e. The number of nitrogens with zero attached hydrogens (tertiary/aromatic N) is 10. The third kappa shape index (κ3) is 23.7. The van der Waals surface area contributed by atoms with Crippen molar-refractivity contribution in [1.29, 1.82) is 0 Å². The van der Waals surface area contributed by atoms with Gasteiger partial charge in [0, 0.05) is 106 Å². The van der Waals surface area contributed by atoms with Crippen LogP contribution in [0.15, 0.2) is 286 Å². The SMILES string of the molecule is CNc1nccc2ccc(C)cc12.Cc1ccc2c(N)ccnc2c1.Cc1ccc2c(N)nc(C)nc2c1.Cc1ccc2c(N)nccc2c1.Cc1ccc2c(c1)CNCC2.Cc1ccc2ccccc2c1.Cc1ccc2ccnc(N)c2c1.Cc1ccc2cnccc2c1.Cc1ccc2nc(N)nc(N)c2c1.Cc1cccc2c(N)nccc12. The highest BCUT2D eigenvalue weighted by Crippen LogP contribution is 2.27. The van der Waals surface area contributed by atoms with E-state index in [9.17, 15) is 0 Å². The molecule has 0 unspecified atom stereocenters. The summed E-state index contributed by atoms with van der Waals surface area (Å²) in [5, 5.41) is 23.4.